The molecule has 2 aromatic rings. The molecule has 3 rings (SSSR count). The monoisotopic (exact) mass is 374 g/mol. The van der Waals surface area contributed by atoms with E-state index in [1.807, 2.05) is 26.8 Å². The fourth-order valence-electron chi connectivity index (χ4n) is 2.67. The minimum absolute atomic E-state index is 0.153. The number of allylic oxidation sites excluding steroid dienone is 2. The van der Waals surface area contributed by atoms with Gasteiger partial charge in [-0.1, -0.05) is 6.08 Å². The molecular formula is C18H22N4O3S. The average molecular weight is 374 g/mol. The van der Waals surface area contributed by atoms with Gasteiger partial charge in [0.05, 0.1) is 22.7 Å². The predicted molar refractivity (Wildman–Crippen MR) is 102 cm³/mol. The maximum atomic E-state index is 12.5. The number of aldehydes is 1. The number of carbonyl (C=O) groups excluding carboxylic acids is 2. The lowest BCUT2D eigenvalue weighted by atomic mass is 10.2. The van der Waals surface area contributed by atoms with Gasteiger partial charge in [0.1, 0.15) is 11.4 Å². The number of thioether (sulfide) groups is 1. The minimum atomic E-state index is -0.610. The predicted octanol–water partition coefficient (Wildman–Crippen LogP) is 3.99. The zero-order chi connectivity index (χ0) is 19.1. The van der Waals surface area contributed by atoms with Crippen LogP contribution in [-0.2, 0) is 4.74 Å². The minimum Gasteiger partial charge on any atom is -0.443 e. The van der Waals surface area contributed by atoms with Crippen LogP contribution < -0.4 is 4.90 Å². The number of carbonyl (C=O) groups is 2. The highest BCUT2D eigenvalue weighted by molar-refractivity contribution is 8.03. The van der Waals surface area contributed by atoms with Crippen LogP contribution in [0.4, 0.5) is 10.6 Å². The number of amides is 1. The topological polar surface area (TPSA) is 76.8 Å². The molecule has 3 heterocycles. The summed E-state index contributed by atoms with van der Waals surface area (Å²) < 4.78 is 6.96. The van der Waals surface area contributed by atoms with E-state index >= 15 is 0 Å². The highest BCUT2D eigenvalue weighted by atomic mass is 32.2. The third kappa shape index (κ3) is 3.60. The van der Waals surface area contributed by atoms with Crippen molar-refractivity contribution in [3.05, 3.63) is 34.5 Å². The summed E-state index contributed by atoms with van der Waals surface area (Å²) >= 11 is 1.73. The quantitative estimate of drug-likeness (QED) is 0.756. The molecule has 8 heteroatoms. The maximum Gasteiger partial charge on any atom is 0.415 e. The second kappa shape index (κ2) is 6.75. The number of aromatic nitrogens is 3. The summed E-state index contributed by atoms with van der Waals surface area (Å²) in [6.07, 6.45) is 4.71. The number of nitrogens with zero attached hydrogens (tertiary/aromatic N) is 4. The van der Waals surface area contributed by atoms with Crippen LogP contribution in [0.3, 0.4) is 0 Å². The number of hydrogen-bond acceptors (Lipinski definition) is 6. The van der Waals surface area contributed by atoms with Gasteiger partial charge in [0.25, 0.3) is 0 Å². The molecule has 2 aromatic heterocycles. The van der Waals surface area contributed by atoms with Crippen molar-refractivity contribution in [1.82, 2.24) is 14.6 Å². The van der Waals surface area contributed by atoms with E-state index in [9.17, 15) is 9.59 Å². The lowest BCUT2D eigenvalue weighted by molar-refractivity contribution is 0.0587. The van der Waals surface area contributed by atoms with Crippen molar-refractivity contribution in [2.75, 3.05) is 11.9 Å². The Morgan fingerprint density at radius 3 is 2.77 bits per heavy atom. The normalized spacial score (nSPS) is 17.3. The first-order valence-corrected chi connectivity index (χ1v) is 9.21. The first-order chi connectivity index (χ1) is 12.2. The van der Waals surface area contributed by atoms with Gasteiger partial charge >= 0.3 is 6.09 Å². The Kier molecular flexibility index (Phi) is 4.79. The molecule has 0 aliphatic carbocycles. The number of rotatable bonds is 3. The SMILES string of the molecule is CC1=CCC(c2cc(N(C)C(=O)OC(C)(C)C)n3ncc(C=O)c3n2)S1. The zero-order valence-corrected chi connectivity index (χ0v) is 16.3. The number of hydrogen-bond donors (Lipinski definition) is 0. The summed E-state index contributed by atoms with van der Waals surface area (Å²) in [7, 11) is 1.63. The molecule has 1 unspecified atom stereocenters. The molecule has 26 heavy (non-hydrogen) atoms. The van der Waals surface area contributed by atoms with E-state index in [2.05, 4.69) is 23.1 Å². The van der Waals surface area contributed by atoms with E-state index in [-0.39, 0.29) is 5.25 Å². The Bertz CT molecular complexity index is 898. The zero-order valence-electron chi connectivity index (χ0n) is 15.5. The molecule has 0 saturated heterocycles. The molecule has 0 aromatic carbocycles. The van der Waals surface area contributed by atoms with E-state index in [1.165, 1.54) is 20.5 Å². The smallest absolute Gasteiger partial charge is 0.415 e. The molecule has 1 aliphatic heterocycles. The molecule has 1 atom stereocenters. The van der Waals surface area contributed by atoms with Crippen molar-refractivity contribution in [2.24, 2.45) is 0 Å². The molecule has 0 saturated carbocycles. The van der Waals surface area contributed by atoms with Gasteiger partial charge < -0.3 is 4.74 Å². The molecule has 0 radical (unpaired) electrons. The van der Waals surface area contributed by atoms with Crippen molar-refractivity contribution in [3.8, 4) is 0 Å². The van der Waals surface area contributed by atoms with E-state index < -0.39 is 11.7 Å². The summed E-state index contributed by atoms with van der Waals surface area (Å²) in [6.45, 7) is 7.50. The van der Waals surface area contributed by atoms with Crippen LogP contribution in [0, 0.1) is 0 Å². The highest BCUT2D eigenvalue weighted by Crippen LogP contribution is 2.43. The fourth-order valence-corrected chi connectivity index (χ4v) is 3.74. The third-order valence-corrected chi connectivity index (χ3v) is 5.17. The molecule has 138 valence electrons. The Morgan fingerprint density at radius 1 is 1.46 bits per heavy atom. The van der Waals surface area contributed by atoms with Crippen LogP contribution in [0.1, 0.15) is 55.4 Å². The second-order valence-corrected chi connectivity index (χ2v) is 8.64. The molecule has 0 spiro atoms. The number of fused-ring (bicyclic) bond motifs is 1. The van der Waals surface area contributed by atoms with Crippen molar-refractivity contribution < 1.29 is 14.3 Å². The van der Waals surface area contributed by atoms with E-state index in [0.29, 0.717) is 17.0 Å². The standard InChI is InChI=1S/C18H22N4O3S/c1-11-6-7-14(26-11)13-8-15(21(5)17(24)25-18(2,3)4)22-16(20-13)12(10-23)9-19-22/h6,8-10,14H,7H2,1-5H3. The molecule has 0 N–H and O–H groups in total. The first-order valence-electron chi connectivity index (χ1n) is 8.33. The summed E-state index contributed by atoms with van der Waals surface area (Å²) in [5, 5.41) is 4.38. The fraction of sp³-hybridized carbons (Fsp3) is 0.444. The first kappa shape index (κ1) is 18.4. The molecule has 0 bridgehead atoms. The van der Waals surface area contributed by atoms with Gasteiger partial charge in [-0.25, -0.2) is 9.78 Å². The Balaban J connectivity index is 2.06. The largest absolute Gasteiger partial charge is 0.443 e. The Hall–Kier alpha value is -2.35. The van der Waals surface area contributed by atoms with Gasteiger partial charge in [0.2, 0.25) is 0 Å². The van der Waals surface area contributed by atoms with Crippen LogP contribution in [0.15, 0.2) is 23.2 Å². The summed E-state index contributed by atoms with van der Waals surface area (Å²) in [5.74, 6) is 0.512. The van der Waals surface area contributed by atoms with Crippen LogP contribution in [0.2, 0.25) is 0 Å². The summed E-state index contributed by atoms with van der Waals surface area (Å²) in [5.41, 5.74) is 1.02. The summed E-state index contributed by atoms with van der Waals surface area (Å²) in [4.78, 5) is 31.1. The van der Waals surface area contributed by atoms with E-state index in [0.717, 1.165) is 18.4 Å². The third-order valence-electron chi connectivity index (χ3n) is 3.92. The van der Waals surface area contributed by atoms with Crippen LogP contribution >= 0.6 is 11.8 Å². The van der Waals surface area contributed by atoms with Gasteiger partial charge in [-0.3, -0.25) is 9.69 Å². The number of anilines is 1. The maximum absolute atomic E-state index is 12.5. The lowest BCUT2D eigenvalue weighted by Crippen LogP contribution is -2.35. The molecular weight excluding hydrogens is 352 g/mol. The van der Waals surface area contributed by atoms with E-state index in [1.54, 1.807) is 18.8 Å². The highest BCUT2D eigenvalue weighted by Gasteiger charge is 2.26. The van der Waals surface area contributed by atoms with Crippen molar-refractivity contribution in [1.29, 1.82) is 0 Å². The van der Waals surface area contributed by atoms with Crippen molar-refractivity contribution in [2.45, 2.75) is 45.0 Å². The molecule has 7 nitrogen and oxygen atoms in total. The number of ether oxygens (including phenoxy) is 1. The van der Waals surface area contributed by atoms with Gasteiger partial charge in [-0.15, -0.1) is 11.8 Å². The lowest BCUT2D eigenvalue weighted by Gasteiger charge is -2.25. The van der Waals surface area contributed by atoms with Gasteiger partial charge in [-0.2, -0.15) is 9.61 Å². The van der Waals surface area contributed by atoms with Crippen molar-refractivity contribution in [3.63, 3.8) is 0 Å². The van der Waals surface area contributed by atoms with Gasteiger partial charge in [0, 0.05) is 13.1 Å². The van der Waals surface area contributed by atoms with Crippen LogP contribution in [0.25, 0.3) is 5.65 Å². The van der Waals surface area contributed by atoms with E-state index in [4.69, 9.17) is 4.74 Å². The molecule has 1 amide bonds. The van der Waals surface area contributed by atoms with Crippen molar-refractivity contribution >= 4 is 35.6 Å². The summed E-state index contributed by atoms with van der Waals surface area (Å²) in [6, 6.07) is 1.84. The van der Waals surface area contributed by atoms with Crippen LogP contribution in [-0.4, -0.2) is 39.6 Å². The van der Waals surface area contributed by atoms with Gasteiger partial charge in [-0.05, 0) is 39.0 Å². The van der Waals surface area contributed by atoms with Crippen LogP contribution in [0.5, 0.6) is 0 Å². The molecule has 1 aliphatic rings. The van der Waals surface area contributed by atoms with Gasteiger partial charge in [0.15, 0.2) is 11.9 Å². The Morgan fingerprint density at radius 2 is 2.19 bits per heavy atom. The Labute approximate surface area is 156 Å². The average Bonchev–Trinajstić information content (AvgIpc) is 3.17. The molecule has 0 fully saturated rings. The second-order valence-electron chi connectivity index (χ2n) is 7.19.